The summed E-state index contributed by atoms with van der Waals surface area (Å²) in [7, 11) is 0. The van der Waals surface area contributed by atoms with Crippen LogP contribution in [-0.4, -0.2) is 34.6 Å². The third kappa shape index (κ3) is 5.14. The Morgan fingerprint density at radius 2 is 1.84 bits per heavy atom. The van der Waals surface area contributed by atoms with E-state index >= 15 is 0 Å². The topological polar surface area (TPSA) is 110 Å². The van der Waals surface area contributed by atoms with Crippen LogP contribution in [0.4, 0.5) is 11.4 Å². The first-order valence-corrected chi connectivity index (χ1v) is 15.2. The molecule has 222 valence electrons. The SMILES string of the molecule is CCCC1=C2[C@@H](CC/C(=C/c3ccc(O)c4ccccc34)CC)OC[C@@H]2[C@@H]2C(=O)N(c3cccc([N+](=O)[O-])c3)C(=O)[C@@H]2C1. The highest BCUT2D eigenvalue weighted by atomic mass is 16.6. The van der Waals surface area contributed by atoms with Gasteiger partial charge in [-0.1, -0.05) is 73.9 Å². The van der Waals surface area contributed by atoms with Crippen molar-refractivity contribution in [2.45, 2.75) is 58.5 Å². The van der Waals surface area contributed by atoms with Crippen LogP contribution in [-0.2, 0) is 14.3 Å². The molecule has 2 fully saturated rings. The zero-order valence-corrected chi connectivity index (χ0v) is 24.5. The number of benzene rings is 3. The molecule has 0 bridgehead atoms. The molecule has 0 spiro atoms. The summed E-state index contributed by atoms with van der Waals surface area (Å²) in [6, 6.07) is 17.3. The van der Waals surface area contributed by atoms with E-state index in [9.17, 15) is 24.8 Å². The van der Waals surface area contributed by atoms with Gasteiger partial charge in [0.25, 0.3) is 5.69 Å². The minimum Gasteiger partial charge on any atom is -0.507 e. The van der Waals surface area contributed by atoms with Crippen molar-refractivity contribution in [3.05, 3.63) is 93.1 Å². The lowest BCUT2D eigenvalue weighted by Gasteiger charge is -2.32. The van der Waals surface area contributed by atoms with Crippen molar-refractivity contribution in [2.24, 2.45) is 17.8 Å². The molecule has 8 heteroatoms. The van der Waals surface area contributed by atoms with Crippen LogP contribution in [0.3, 0.4) is 0 Å². The van der Waals surface area contributed by atoms with Crippen LogP contribution in [0.2, 0.25) is 0 Å². The average Bonchev–Trinajstić information content (AvgIpc) is 3.54. The number of imide groups is 1. The van der Waals surface area contributed by atoms with Gasteiger partial charge in [-0.15, -0.1) is 0 Å². The predicted octanol–water partition coefficient (Wildman–Crippen LogP) is 7.35. The van der Waals surface area contributed by atoms with Gasteiger partial charge < -0.3 is 9.84 Å². The van der Waals surface area contributed by atoms with Gasteiger partial charge in [0, 0.05) is 23.4 Å². The normalized spacial score (nSPS) is 23.7. The van der Waals surface area contributed by atoms with Gasteiger partial charge in [0.2, 0.25) is 11.8 Å². The van der Waals surface area contributed by atoms with E-state index in [-0.39, 0.29) is 41.0 Å². The Bertz CT molecular complexity index is 1670. The first-order chi connectivity index (χ1) is 20.8. The van der Waals surface area contributed by atoms with Crippen molar-refractivity contribution in [3.8, 4) is 5.75 Å². The van der Waals surface area contributed by atoms with Gasteiger partial charge in [-0.05, 0) is 60.8 Å². The summed E-state index contributed by atoms with van der Waals surface area (Å²) in [5.41, 5.74) is 4.87. The number of phenols is 1. The molecule has 3 aromatic rings. The van der Waals surface area contributed by atoms with Crippen molar-refractivity contribution in [1.29, 1.82) is 0 Å². The third-order valence-electron chi connectivity index (χ3n) is 9.33. The minimum atomic E-state index is -0.517. The molecule has 0 saturated carbocycles. The molecule has 0 aromatic heterocycles. The molecular formula is C35H36N2O6. The first kappa shape index (κ1) is 28.8. The Morgan fingerprint density at radius 1 is 1.05 bits per heavy atom. The fourth-order valence-corrected chi connectivity index (χ4v) is 7.33. The average molecular weight is 581 g/mol. The maximum Gasteiger partial charge on any atom is 0.271 e. The Morgan fingerprint density at radius 3 is 2.58 bits per heavy atom. The predicted molar refractivity (Wildman–Crippen MR) is 165 cm³/mol. The smallest absolute Gasteiger partial charge is 0.271 e. The second-order valence-electron chi connectivity index (χ2n) is 11.8. The number of non-ortho nitro benzene ring substituents is 1. The number of nitro groups is 1. The second-order valence-corrected chi connectivity index (χ2v) is 11.8. The number of aromatic hydroxyl groups is 1. The molecular weight excluding hydrogens is 544 g/mol. The quantitative estimate of drug-likeness (QED) is 0.123. The van der Waals surface area contributed by atoms with Crippen LogP contribution in [0.1, 0.15) is 57.9 Å². The lowest BCUT2D eigenvalue weighted by molar-refractivity contribution is -0.384. The molecule has 43 heavy (non-hydrogen) atoms. The van der Waals surface area contributed by atoms with Crippen LogP contribution in [0.5, 0.6) is 5.75 Å². The summed E-state index contributed by atoms with van der Waals surface area (Å²) in [6.45, 7) is 4.66. The maximum absolute atomic E-state index is 13.8. The lowest BCUT2D eigenvalue weighted by Crippen LogP contribution is -2.34. The van der Waals surface area contributed by atoms with E-state index in [1.165, 1.54) is 39.8 Å². The number of hydrogen-bond acceptors (Lipinski definition) is 6. The van der Waals surface area contributed by atoms with E-state index in [1.54, 1.807) is 12.1 Å². The number of fused-ring (bicyclic) bond motifs is 4. The Hall–Kier alpha value is -4.30. The Labute approximate surface area is 250 Å². The maximum atomic E-state index is 13.8. The first-order valence-electron chi connectivity index (χ1n) is 15.2. The summed E-state index contributed by atoms with van der Waals surface area (Å²) in [5, 5.41) is 23.5. The monoisotopic (exact) mass is 580 g/mol. The molecule has 2 amide bonds. The van der Waals surface area contributed by atoms with Gasteiger partial charge in [-0.2, -0.15) is 0 Å². The van der Waals surface area contributed by atoms with E-state index in [1.807, 2.05) is 30.3 Å². The number of amides is 2. The van der Waals surface area contributed by atoms with E-state index in [0.717, 1.165) is 48.4 Å². The summed E-state index contributed by atoms with van der Waals surface area (Å²) in [5.74, 6) is -1.45. The number of nitrogens with zero attached hydrogens (tertiary/aromatic N) is 2. The number of ether oxygens (including phenoxy) is 1. The van der Waals surface area contributed by atoms with Crippen LogP contribution < -0.4 is 4.90 Å². The summed E-state index contributed by atoms with van der Waals surface area (Å²) in [4.78, 5) is 39.5. The molecule has 8 nitrogen and oxygen atoms in total. The number of carbonyl (C=O) groups is 2. The van der Waals surface area contributed by atoms with E-state index in [0.29, 0.717) is 13.0 Å². The number of nitro benzene ring substituents is 1. The molecule has 1 N–H and O–H groups in total. The van der Waals surface area contributed by atoms with Crippen molar-refractivity contribution in [2.75, 3.05) is 11.5 Å². The zero-order valence-electron chi connectivity index (χ0n) is 24.5. The number of carbonyl (C=O) groups excluding carboxylic acids is 2. The van der Waals surface area contributed by atoms with Gasteiger partial charge in [0.15, 0.2) is 0 Å². The number of phenolic OH excluding ortho intramolecular Hbond substituents is 1. The molecule has 6 rings (SSSR count). The van der Waals surface area contributed by atoms with Crippen LogP contribution in [0.15, 0.2) is 77.4 Å². The summed E-state index contributed by atoms with van der Waals surface area (Å²) >= 11 is 0. The number of hydrogen-bond donors (Lipinski definition) is 1. The molecule has 2 saturated heterocycles. The van der Waals surface area contributed by atoms with Gasteiger partial charge in [0.1, 0.15) is 5.75 Å². The molecule has 4 atom stereocenters. The van der Waals surface area contributed by atoms with E-state index in [4.69, 9.17) is 4.74 Å². The molecule has 2 heterocycles. The molecule has 2 aliphatic heterocycles. The fraction of sp³-hybridized carbons (Fsp3) is 0.371. The highest BCUT2D eigenvalue weighted by Crippen LogP contribution is 2.51. The van der Waals surface area contributed by atoms with Crippen LogP contribution >= 0.6 is 0 Å². The van der Waals surface area contributed by atoms with E-state index < -0.39 is 16.8 Å². The van der Waals surface area contributed by atoms with Crippen molar-refractivity contribution in [1.82, 2.24) is 0 Å². The van der Waals surface area contributed by atoms with E-state index in [2.05, 4.69) is 19.9 Å². The largest absolute Gasteiger partial charge is 0.507 e. The zero-order chi connectivity index (χ0) is 30.2. The second kappa shape index (κ2) is 11.8. The highest BCUT2D eigenvalue weighted by molar-refractivity contribution is 6.22. The molecule has 3 aliphatic rings. The standard InChI is InChI=1S/C35H36N2O6/c1-3-8-23-18-28-33(35(40)36(34(28)39)24-9-7-10-25(19-24)37(41)42)29-20-43-31(32(23)29)16-13-21(4-2)17-22-14-15-30(38)27-12-6-5-11-26(22)27/h5-7,9-12,14-15,17,19,28-29,31,33,38H,3-4,8,13,16,18,20H2,1-2H3/b21-17+/t28-,29+,31-,33-/m1/s1. The molecule has 3 aromatic carbocycles. The van der Waals surface area contributed by atoms with Crippen LogP contribution in [0, 0.1) is 27.9 Å². The number of rotatable bonds is 9. The Kier molecular flexibility index (Phi) is 7.88. The highest BCUT2D eigenvalue weighted by Gasteiger charge is 2.57. The Balaban J connectivity index is 1.25. The summed E-state index contributed by atoms with van der Waals surface area (Å²) in [6.07, 6.45) is 6.88. The van der Waals surface area contributed by atoms with Gasteiger partial charge in [-0.3, -0.25) is 19.7 Å². The number of anilines is 1. The fourth-order valence-electron chi connectivity index (χ4n) is 7.33. The van der Waals surface area contributed by atoms with Crippen molar-refractivity contribution in [3.63, 3.8) is 0 Å². The third-order valence-corrected chi connectivity index (χ3v) is 9.33. The van der Waals surface area contributed by atoms with Gasteiger partial charge >= 0.3 is 0 Å². The molecule has 0 radical (unpaired) electrons. The minimum absolute atomic E-state index is 0.117. The molecule has 1 aliphatic carbocycles. The lowest BCUT2D eigenvalue weighted by atomic mass is 9.68. The van der Waals surface area contributed by atoms with Crippen molar-refractivity contribution < 1.29 is 24.4 Å². The number of allylic oxidation sites excluding steroid dienone is 2. The van der Waals surface area contributed by atoms with Gasteiger partial charge in [0.05, 0.1) is 35.2 Å². The van der Waals surface area contributed by atoms with Gasteiger partial charge in [-0.25, -0.2) is 4.90 Å². The summed E-state index contributed by atoms with van der Waals surface area (Å²) < 4.78 is 6.40. The van der Waals surface area contributed by atoms with Crippen LogP contribution in [0.25, 0.3) is 16.8 Å². The molecule has 0 unspecified atom stereocenters. The van der Waals surface area contributed by atoms with Crippen molar-refractivity contribution >= 4 is 40.0 Å².